The highest BCUT2D eigenvalue weighted by Crippen LogP contribution is 2.37. The van der Waals surface area contributed by atoms with E-state index >= 15 is 0 Å². The Morgan fingerprint density at radius 1 is 1.00 bits per heavy atom. The SMILES string of the molecule is Oc1cc2ccc(C#CCn3ccnc3)cc2c(O)c1Cc1ccccc1. The molecule has 0 aliphatic heterocycles. The number of benzene rings is 3. The molecule has 27 heavy (non-hydrogen) atoms. The lowest BCUT2D eigenvalue weighted by Gasteiger charge is -2.11. The summed E-state index contributed by atoms with van der Waals surface area (Å²) in [6.07, 6.45) is 5.76. The van der Waals surface area contributed by atoms with Crippen molar-refractivity contribution < 1.29 is 10.2 Å². The van der Waals surface area contributed by atoms with Gasteiger partial charge in [0, 0.05) is 35.3 Å². The Balaban J connectivity index is 1.68. The van der Waals surface area contributed by atoms with E-state index in [1.807, 2.05) is 59.3 Å². The molecule has 0 spiro atoms. The molecule has 0 atom stereocenters. The van der Waals surface area contributed by atoms with Gasteiger partial charge in [-0.15, -0.1) is 0 Å². The Bertz CT molecular complexity index is 1140. The van der Waals surface area contributed by atoms with Crippen LogP contribution in [-0.2, 0) is 13.0 Å². The molecule has 0 saturated carbocycles. The third kappa shape index (κ3) is 3.63. The maximum atomic E-state index is 10.8. The zero-order chi connectivity index (χ0) is 18.6. The van der Waals surface area contributed by atoms with Crippen LogP contribution in [0.2, 0.25) is 0 Å². The summed E-state index contributed by atoms with van der Waals surface area (Å²) < 4.78 is 1.89. The minimum absolute atomic E-state index is 0.0998. The molecule has 0 bridgehead atoms. The summed E-state index contributed by atoms with van der Waals surface area (Å²) in [5, 5.41) is 22.6. The topological polar surface area (TPSA) is 58.3 Å². The van der Waals surface area contributed by atoms with Gasteiger partial charge in [-0.3, -0.25) is 0 Å². The molecule has 4 heteroatoms. The van der Waals surface area contributed by atoms with Gasteiger partial charge in [-0.1, -0.05) is 48.2 Å². The first-order valence-corrected chi connectivity index (χ1v) is 8.67. The van der Waals surface area contributed by atoms with Gasteiger partial charge in [-0.05, 0) is 29.1 Å². The summed E-state index contributed by atoms with van der Waals surface area (Å²) in [7, 11) is 0. The van der Waals surface area contributed by atoms with Crippen molar-refractivity contribution >= 4 is 10.8 Å². The average Bonchev–Trinajstić information content (AvgIpc) is 3.20. The van der Waals surface area contributed by atoms with E-state index < -0.39 is 0 Å². The average molecular weight is 354 g/mol. The highest BCUT2D eigenvalue weighted by atomic mass is 16.3. The van der Waals surface area contributed by atoms with Crippen LogP contribution >= 0.6 is 0 Å². The lowest BCUT2D eigenvalue weighted by Crippen LogP contribution is -1.92. The van der Waals surface area contributed by atoms with E-state index in [0.717, 1.165) is 16.5 Å². The monoisotopic (exact) mass is 354 g/mol. The molecule has 4 nitrogen and oxygen atoms in total. The minimum Gasteiger partial charge on any atom is -0.507 e. The lowest BCUT2D eigenvalue weighted by molar-refractivity contribution is 0.445. The Morgan fingerprint density at radius 3 is 2.63 bits per heavy atom. The van der Waals surface area contributed by atoms with Gasteiger partial charge in [0.1, 0.15) is 11.5 Å². The zero-order valence-corrected chi connectivity index (χ0v) is 14.6. The molecule has 1 heterocycles. The smallest absolute Gasteiger partial charge is 0.130 e. The van der Waals surface area contributed by atoms with Crippen LogP contribution in [0.15, 0.2) is 73.3 Å². The molecule has 0 aliphatic rings. The van der Waals surface area contributed by atoms with Crippen LogP contribution < -0.4 is 0 Å². The van der Waals surface area contributed by atoms with Gasteiger partial charge in [0.2, 0.25) is 0 Å². The van der Waals surface area contributed by atoms with Crippen LogP contribution in [0.3, 0.4) is 0 Å². The van der Waals surface area contributed by atoms with Gasteiger partial charge in [0.25, 0.3) is 0 Å². The van der Waals surface area contributed by atoms with Crippen LogP contribution in [0.5, 0.6) is 11.5 Å². The van der Waals surface area contributed by atoms with Crippen molar-refractivity contribution in [1.29, 1.82) is 0 Å². The summed E-state index contributed by atoms with van der Waals surface area (Å²) in [6, 6.07) is 17.1. The summed E-state index contributed by atoms with van der Waals surface area (Å²) >= 11 is 0. The molecule has 3 aromatic carbocycles. The molecule has 132 valence electrons. The normalized spacial score (nSPS) is 10.5. The molecule has 4 aromatic rings. The fraction of sp³-hybridized carbons (Fsp3) is 0.0870. The van der Waals surface area contributed by atoms with E-state index in [1.54, 1.807) is 18.6 Å². The third-order valence-electron chi connectivity index (χ3n) is 4.47. The van der Waals surface area contributed by atoms with Gasteiger partial charge in [-0.25, -0.2) is 4.98 Å². The number of aromatic nitrogens is 2. The van der Waals surface area contributed by atoms with Crippen LogP contribution in [-0.4, -0.2) is 19.8 Å². The number of aromatic hydroxyl groups is 2. The third-order valence-corrected chi connectivity index (χ3v) is 4.47. The van der Waals surface area contributed by atoms with E-state index in [2.05, 4.69) is 16.8 Å². The van der Waals surface area contributed by atoms with E-state index in [9.17, 15) is 10.2 Å². The van der Waals surface area contributed by atoms with Crippen LogP contribution in [0.1, 0.15) is 16.7 Å². The highest BCUT2D eigenvalue weighted by molar-refractivity contribution is 5.92. The molecule has 1 aromatic heterocycles. The number of phenols is 2. The second kappa shape index (κ2) is 7.27. The second-order valence-corrected chi connectivity index (χ2v) is 6.36. The summed E-state index contributed by atoms with van der Waals surface area (Å²) in [5.74, 6) is 6.41. The molecule has 0 saturated heterocycles. The molecular formula is C23H18N2O2. The van der Waals surface area contributed by atoms with Crippen LogP contribution in [0.4, 0.5) is 0 Å². The number of hydrogen-bond acceptors (Lipinski definition) is 3. The molecule has 2 N–H and O–H groups in total. The molecular weight excluding hydrogens is 336 g/mol. The Morgan fingerprint density at radius 2 is 1.85 bits per heavy atom. The van der Waals surface area contributed by atoms with Gasteiger partial charge >= 0.3 is 0 Å². The van der Waals surface area contributed by atoms with Crippen molar-refractivity contribution in [2.75, 3.05) is 0 Å². The number of nitrogens with zero attached hydrogens (tertiary/aromatic N) is 2. The van der Waals surface area contributed by atoms with E-state index in [4.69, 9.17) is 0 Å². The first-order chi connectivity index (χ1) is 13.2. The predicted molar refractivity (Wildman–Crippen MR) is 106 cm³/mol. The Kier molecular flexibility index (Phi) is 4.51. The highest BCUT2D eigenvalue weighted by Gasteiger charge is 2.13. The quantitative estimate of drug-likeness (QED) is 0.545. The molecule has 0 unspecified atom stereocenters. The van der Waals surface area contributed by atoms with Gasteiger partial charge in [0.05, 0.1) is 12.9 Å². The first kappa shape index (κ1) is 16.7. The molecule has 0 radical (unpaired) electrons. The number of hydrogen-bond donors (Lipinski definition) is 2. The number of fused-ring (bicyclic) bond motifs is 1. The van der Waals surface area contributed by atoms with Crippen molar-refractivity contribution in [1.82, 2.24) is 9.55 Å². The van der Waals surface area contributed by atoms with Crippen molar-refractivity contribution in [2.24, 2.45) is 0 Å². The van der Waals surface area contributed by atoms with E-state index in [1.165, 1.54) is 0 Å². The van der Waals surface area contributed by atoms with Crippen molar-refractivity contribution in [3.63, 3.8) is 0 Å². The fourth-order valence-electron chi connectivity index (χ4n) is 3.07. The molecule has 0 fully saturated rings. The largest absolute Gasteiger partial charge is 0.507 e. The van der Waals surface area contributed by atoms with Gasteiger partial charge in [-0.2, -0.15) is 0 Å². The standard InChI is InChI=1S/C23H18N2O2/c26-22-15-19-9-8-18(7-4-11-25-12-10-24-16-25)13-20(19)23(27)21(22)14-17-5-2-1-3-6-17/h1-3,5-6,8-10,12-13,15-16,26-27H,11,14H2. The number of imidazole rings is 1. The predicted octanol–water partition coefficient (Wildman–Crippen LogP) is 4.09. The maximum absolute atomic E-state index is 10.8. The molecule has 4 rings (SSSR count). The lowest BCUT2D eigenvalue weighted by atomic mass is 9.97. The van der Waals surface area contributed by atoms with Crippen molar-refractivity contribution in [2.45, 2.75) is 13.0 Å². The summed E-state index contributed by atoms with van der Waals surface area (Å²) in [4.78, 5) is 3.99. The van der Waals surface area contributed by atoms with Crippen molar-refractivity contribution in [3.05, 3.63) is 90.0 Å². The number of rotatable bonds is 3. The molecule has 0 aliphatic carbocycles. The van der Waals surface area contributed by atoms with Crippen LogP contribution in [0, 0.1) is 11.8 Å². The second-order valence-electron chi connectivity index (χ2n) is 6.36. The minimum atomic E-state index is 0.0998. The Hall–Kier alpha value is -3.71. The first-order valence-electron chi connectivity index (χ1n) is 8.67. The van der Waals surface area contributed by atoms with E-state index in [0.29, 0.717) is 23.9 Å². The van der Waals surface area contributed by atoms with E-state index in [-0.39, 0.29) is 11.5 Å². The summed E-state index contributed by atoms with van der Waals surface area (Å²) in [6.45, 7) is 0.554. The number of phenolic OH excluding ortho intramolecular Hbond substituents is 2. The summed E-state index contributed by atoms with van der Waals surface area (Å²) in [5.41, 5.74) is 2.37. The van der Waals surface area contributed by atoms with Gasteiger partial charge < -0.3 is 14.8 Å². The molecule has 0 amide bonds. The van der Waals surface area contributed by atoms with Gasteiger partial charge in [0.15, 0.2) is 0 Å². The van der Waals surface area contributed by atoms with Crippen molar-refractivity contribution in [3.8, 4) is 23.3 Å². The van der Waals surface area contributed by atoms with Crippen LogP contribution in [0.25, 0.3) is 10.8 Å². The Labute approximate surface area is 157 Å². The zero-order valence-electron chi connectivity index (χ0n) is 14.6. The maximum Gasteiger partial charge on any atom is 0.130 e. The fourth-order valence-corrected chi connectivity index (χ4v) is 3.07.